The van der Waals surface area contributed by atoms with Crippen molar-refractivity contribution in [2.45, 2.75) is 37.5 Å². The first-order valence-corrected chi connectivity index (χ1v) is 9.45. The number of nitrogens with zero attached hydrogens (tertiary/aromatic N) is 1. The molecule has 0 aliphatic rings. The van der Waals surface area contributed by atoms with Gasteiger partial charge in [-0.1, -0.05) is 36.7 Å². The largest absolute Gasteiger partial charge is 0.417 e. The van der Waals surface area contributed by atoms with Crippen molar-refractivity contribution in [3.63, 3.8) is 0 Å². The molecular weight excluding hydrogens is 403 g/mol. The Morgan fingerprint density at radius 1 is 1.33 bits per heavy atom. The van der Waals surface area contributed by atoms with Gasteiger partial charge in [-0.3, -0.25) is 9.59 Å². The molecule has 0 aliphatic heterocycles. The number of nitrogens with one attached hydrogen (secondary N) is 2. The van der Waals surface area contributed by atoms with Gasteiger partial charge in [0.2, 0.25) is 5.91 Å². The maximum absolute atomic E-state index is 12.9. The normalized spacial score (nSPS) is 11.4. The van der Waals surface area contributed by atoms with Crippen LogP contribution in [0.25, 0.3) is 0 Å². The van der Waals surface area contributed by atoms with Crippen LogP contribution < -0.4 is 10.9 Å². The fourth-order valence-corrected chi connectivity index (χ4v) is 3.11. The SMILES string of the molecule is CCCCc1cc(=O)[nH]c(SCC(=O)Nc2ccc(Cl)c(C(F)(F)F)c2)n1. The second-order valence-corrected chi connectivity index (χ2v) is 7.05. The molecule has 2 aromatic rings. The van der Waals surface area contributed by atoms with Crippen LogP contribution in [-0.4, -0.2) is 21.6 Å². The van der Waals surface area contributed by atoms with Crippen molar-refractivity contribution in [1.82, 2.24) is 9.97 Å². The van der Waals surface area contributed by atoms with Gasteiger partial charge >= 0.3 is 6.18 Å². The van der Waals surface area contributed by atoms with E-state index in [1.54, 1.807) is 0 Å². The van der Waals surface area contributed by atoms with Crippen LogP contribution in [-0.2, 0) is 17.4 Å². The van der Waals surface area contributed by atoms with Crippen molar-refractivity contribution in [3.8, 4) is 0 Å². The lowest BCUT2D eigenvalue weighted by Crippen LogP contribution is -2.16. The number of halogens is 4. The lowest BCUT2D eigenvalue weighted by atomic mass is 10.2. The molecule has 1 heterocycles. The lowest BCUT2D eigenvalue weighted by Gasteiger charge is -2.11. The maximum atomic E-state index is 12.9. The number of benzene rings is 1. The highest BCUT2D eigenvalue weighted by molar-refractivity contribution is 7.99. The van der Waals surface area contributed by atoms with E-state index in [1.807, 2.05) is 6.92 Å². The van der Waals surface area contributed by atoms with Crippen LogP contribution in [0.4, 0.5) is 18.9 Å². The average Bonchev–Trinajstić information content (AvgIpc) is 2.58. The lowest BCUT2D eigenvalue weighted by molar-refractivity contribution is -0.137. The number of aryl methyl sites for hydroxylation is 1. The van der Waals surface area contributed by atoms with Gasteiger partial charge in [0.05, 0.1) is 16.3 Å². The van der Waals surface area contributed by atoms with Crippen LogP contribution in [0.2, 0.25) is 5.02 Å². The summed E-state index contributed by atoms with van der Waals surface area (Å²) in [4.78, 5) is 30.5. The number of thioether (sulfide) groups is 1. The fourth-order valence-electron chi connectivity index (χ4n) is 2.19. The molecular formula is C17H17ClF3N3O2S. The van der Waals surface area contributed by atoms with E-state index in [2.05, 4.69) is 15.3 Å². The summed E-state index contributed by atoms with van der Waals surface area (Å²) >= 11 is 6.54. The van der Waals surface area contributed by atoms with Crippen molar-refractivity contribution in [3.05, 3.63) is 50.9 Å². The maximum Gasteiger partial charge on any atom is 0.417 e. The van der Waals surface area contributed by atoms with Gasteiger partial charge in [-0.25, -0.2) is 4.98 Å². The topological polar surface area (TPSA) is 74.8 Å². The number of alkyl halides is 3. The number of carbonyl (C=O) groups excluding carboxylic acids is 1. The van der Waals surface area contributed by atoms with E-state index in [4.69, 9.17) is 11.6 Å². The zero-order chi connectivity index (χ0) is 20.0. The minimum atomic E-state index is -4.62. The summed E-state index contributed by atoms with van der Waals surface area (Å²) in [5, 5.41) is 2.22. The number of aromatic amines is 1. The number of unbranched alkanes of at least 4 members (excludes halogenated alkanes) is 1. The summed E-state index contributed by atoms with van der Waals surface area (Å²) in [5.41, 5.74) is -0.720. The van der Waals surface area contributed by atoms with E-state index in [-0.39, 0.29) is 22.2 Å². The standard InChI is InChI=1S/C17H17ClF3N3O2S/c1-2-3-4-10-8-14(25)24-16(23-10)27-9-15(26)22-11-5-6-13(18)12(7-11)17(19,20)21/h5-8H,2-4,9H2,1H3,(H,22,26)(H,23,24,25). The number of carbonyl (C=O) groups is 1. The van der Waals surface area contributed by atoms with Gasteiger partial charge in [0.1, 0.15) is 0 Å². The summed E-state index contributed by atoms with van der Waals surface area (Å²) < 4.78 is 38.6. The molecule has 0 saturated heterocycles. The second kappa shape index (κ2) is 9.27. The highest BCUT2D eigenvalue weighted by Crippen LogP contribution is 2.36. The molecule has 0 unspecified atom stereocenters. The summed E-state index contributed by atoms with van der Waals surface area (Å²) in [6.45, 7) is 2.02. The van der Waals surface area contributed by atoms with Gasteiger partial charge in [-0.15, -0.1) is 0 Å². The molecule has 10 heteroatoms. The fraction of sp³-hybridized carbons (Fsp3) is 0.353. The molecule has 0 spiro atoms. The zero-order valence-corrected chi connectivity index (χ0v) is 15.9. The first-order valence-electron chi connectivity index (χ1n) is 8.08. The summed E-state index contributed by atoms with van der Waals surface area (Å²) in [5.74, 6) is -0.651. The van der Waals surface area contributed by atoms with Crippen LogP contribution in [0.15, 0.2) is 34.2 Å². The number of anilines is 1. The Balaban J connectivity index is 2.01. The molecule has 146 valence electrons. The van der Waals surface area contributed by atoms with Crippen molar-refractivity contribution in [2.24, 2.45) is 0 Å². The van der Waals surface area contributed by atoms with Crippen molar-refractivity contribution in [2.75, 3.05) is 11.1 Å². The zero-order valence-electron chi connectivity index (χ0n) is 14.3. The molecule has 1 aromatic heterocycles. The van der Waals surface area contributed by atoms with Crippen LogP contribution in [0, 0.1) is 0 Å². The second-order valence-electron chi connectivity index (χ2n) is 5.67. The third-order valence-corrected chi connectivity index (χ3v) is 4.66. The Bertz CT molecular complexity index is 871. The smallest absolute Gasteiger partial charge is 0.325 e. The number of amides is 1. The predicted molar refractivity (Wildman–Crippen MR) is 99.3 cm³/mol. The monoisotopic (exact) mass is 419 g/mol. The van der Waals surface area contributed by atoms with Gasteiger partial charge in [-0.05, 0) is 31.0 Å². The molecule has 1 amide bonds. The minimum Gasteiger partial charge on any atom is -0.325 e. The number of aromatic nitrogens is 2. The van der Waals surface area contributed by atoms with E-state index in [0.29, 0.717) is 12.1 Å². The van der Waals surface area contributed by atoms with Gasteiger partial charge in [-0.2, -0.15) is 13.2 Å². The molecule has 2 rings (SSSR count). The molecule has 27 heavy (non-hydrogen) atoms. The molecule has 0 fully saturated rings. The Morgan fingerprint density at radius 3 is 2.74 bits per heavy atom. The Hall–Kier alpha value is -2.00. The van der Waals surface area contributed by atoms with Crippen LogP contribution in [0.3, 0.4) is 0 Å². The van der Waals surface area contributed by atoms with Crippen LogP contribution in [0.1, 0.15) is 31.0 Å². The van der Waals surface area contributed by atoms with Gasteiger partial charge in [0, 0.05) is 17.4 Å². The molecule has 1 aromatic carbocycles. The molecule has 0 bridgehead atoms. The molecule has 0 radical (unpaired) electrons. The van der Waals surface area contributed by atoms with E-state index in [0.717, 1.165) is 36.7 Å². The van der Waals surface area contributed by atoms with Crippen molar-refractivity contribution in [1.29, 1.82) is 0 Å². The highest BCUT2D eigenvalue weighted by atomic mass is 35.5. The average molecular weight is 420 g/mol. The van der Waals surface area contributed by atoms with Crippen molar-refractivity contribution < 1.29 is 18.0 Å². The quantitative estimate of drug-likeness (QED) is 0.511. The van der Waals surface area contributed by atoms with Crippen LogP contribution >= 0.6 is 23.4 Å². The van der Waals surface area contributed by atoms with E-state index >= 15 is 0 Å². The van der Waals surface area contributed by atoms with Gasteiger partial charge in [0.25, 0.3) is 5.56 Å². The van der Waals surface area contributed by atoms with Crippen molar-refractivity contribution >= 4 is 35.0 Å². The first kappa shape index (κ1) is 21.3. The Kier molecular flexibility index (Phi) is 7.32. The van der Waals surface area contributed by atoms with E-state index in [9.17, 15) is 22.8 Å². The van der Waals surface area contributed by atoms with E-state index < -0.39 is 22.7 Å². The predicted octanol–water partition coefficient (Wildman–Crippen LogP) is 4.52. The van der Waals surface area contributed by atoms with Gasteiger partial charge in [0.15, 0.2) is 5.16 Å². The Morgan fingerprint density at radius 2 is 2.07 bits per heavy atom. The van der Waals surface area contributed by atoms with E-state index in [1.165, 1.54) is 12.1 Å². The van der Waals surface area contributed by atoms with Gasteiger partial charge < -0.3 is 10.3 Å². The number of hydrogen-bond acceptors (Lipinski definition) is 4. The summed E-state index contributed by atoms with van der Waals surface area (Å²) in [7, 11) is 0. The molecule has 2 N–H and O–H groups in total. The molecule has 0 saturated carbocycles. The Labute approximate surface area is 162 Å². The molecule has 0 atom stereocenters. The highest BCUT2D eigenvalue weighted by Gasteiger charge is 2.33. The third-order valence-electron chi connectivity index (χ3n) is 3.45. The molecule has 5 nitrogen and oxygen atoms in total. The minimum absolute atomic E-state index is 0.0181. The first-order chi connectivity index (χ1) is 12.7. The van der Waals surface area contributed by atoms with Crippen LogP contribution in [0.5, 0.6) is 0 Å². The summed E-state index contributed by atoms with van der Waals surface area (Å²) in [6.07, 6.45) is -2.11. The number of rotatable bonds is 7. The summed E-state index contributed by atoms with van der Waals surface area (Å²) in [6, 6.07) is 4.54. The molecule has 0 aliphatic carbocycles. The third kappa shape index (κ3) is 6.59. The number of hydrogen-bond donors (Lipinski definition) is 2. The number of H-pyrrole nitrogens is 1.